The first-order valence-electron chi connectivity index (χ1n) is 14.6. The van der Waals surface area contributed by atoms with Gasteiger partial charge in [0, 0.05) is 75.0 Å². The smallest absolute Gasteiger partial charge is 0.407 e. The maximum absolute atomic E-state index is 13.3. The Bertz CT molecular complexity index is 1390. The lowest BCUT2D eigenvalue weighted by Gasteiger charge is -2.37. The number of anilines is 1. The minimum absolute atomic E-state index is 0.0198. The number of ether oxygens (including phenoxy) is 1. The van der Waals surface area contributed by atoms with Crippen LogP contribution in [0.15, 0.2) is 48.5 Å². The molecule has 10 nitrogen and oxygen atoms in total. The molecule has 11 heteroatoms. The van der Waals surface area contributed by atoms with Gasteiger partial charge in [0.15, 0.2) is 6.61 Å². The fourth-order valence-corrected chi connectivity index (χ4v) is 6.82. The van der Waals surface area contributed by atoms with Gasteiger partial charge in [0.2, 0.25) is 0 Å². The normalized spacial score (nSPS) is 22.4. The van der Waals surface area contributed by atoms with Crippen LogP contribution in [0.2, 0.25) is 5.02 Å². The fourth-order valence-electron chi connectivity index (χ4n) is 6.65. The van der Waals surface area contributed by atoms with Crippen LogP contribution in [0.4, 0.5) is 10.5 Å². The molecule has 3 amide bonds. The van der Waals surface area contributed by atoms with Crippen molar-refractivity contribution < 1.29 is 24.2 Å². The summed E-state index contributed by atoms with van der Waals surface area (Å²) in [6.45, 7) is 4.84. The topological polar surface area (TPSA) is 106 Å². The van der Waals surface area contributed by atoms with E-state index < -0.39 is 6.09 Å². The highest BCUT2D eigenvalue weighted by atomic mass is 35.5. The summed E-state index contributed by atoms with van der Waals surface area (Å²) in [4.78, 5) is 45.1. The average Bonchev–Trinajstić information content (AvgIpc) is 3.22. The Balaban J connectivity index is 1.09. The van der Waals surface area contributed by atoms with Crippen molar-refractivity contribution in [3.8, 4) is 5.75 Å². The van der Waals surface area contributed by atoms with Crippen molar-refractivity contribution in [1.82, 2.24) is 20.0 Å². The third-order valence-electron chi connectivity index (χ3n) is 8.86. The Morgan fingerprint density at radius 1 is 1.02 bits per heavy atom. The first-order chi connectivity index (χ1) is 20.4. The third kappa shape index (κ3) is 5.97. The van der Waals surface area contributed by atoms with Crippen molar-refractivity contribution in [2.45, 2.75) is 31.3 Å². The molecule has 2 N–H and O–H groups in total. The molecule has 0 spiro atoms. The predicted molar refractivity (Wildman–Crippen MR) is 160 cm³/mol. The maximum Gasteiger partial charge on any atom is 0.407 e. The van der Waals surface area contributed by atoms with Crippen LogP contribution in [0, 0.1) is 0 Å². The second kappa shape index (κ2) is 12.3. The van der Waals surface area contributed by atoms with E-state index in [0.717, 1.165) is 48.4 Å². The number of rotatable bonds is 8. The number of piperazine rings is 1. The highest BCUT2D eigenvalue weighted by Crippen LogP contribution is 2.40. The molecule has 0 aromatic heterocycles. The summed E-state index contributed by atoms with van der Waals surface area (Å²) >= 11 is 6.34. The summed E-state index contributed by atoms with van der Waals surface area (Å²) in [5, 5.41) is 12.7. The second-order valence-corrected chi connectivity index (χ2v) is 11.7. The quantitative estimate of drug-likeness (QED) is 0.483. The van der Waals surface area contributed by atoms with Gasteiger partial charge in [0.25, 0.3) is 11.8 Å². The van der Waals surface area contributed by atoms with Gasteiger partial charge in [-0.15, -0.1) is 0 Å². The van der Waals surface area contributed by atoms with Crippen LogP contribution in [-0.4, -0.2) is 109 Å². The first-order valence-corrected chi connectivity index (χ1v) is 15.0. The lowest BCUT2D eigenvalue weighted by Crippen LogP contribution is -2.49. The average molecular weight is 594 g/mol. The molecular formula is C31H36ClN5O5. The minimum Gasteiger partial charge on any atom is -0.482 e. The Kier molecular flexibility index (Phi) is 8.37. The van der Waals surface area contributed by atoms with Gasteiger partial charge in [-0.3, -0.25) is 19.4 Å². The molecule has 2 bridgehead atoms. The summed E-state index contributed by atoms with van der Waals surface area (Å²) in [6.07, 6.45) is 4.36. The number of carbonyl (C=O) groups excluding carboxylic acids is 2. The standard InChI is InChI=1S/C31H36ClN5O5/c32-22-5-8-25(26(19-22)30(39)33-9-10-34-11-13-35(14-12-34)31(40)41)21-17-23-6-7-24(18-21)36(23)15-16-37-27-3-1-2-4-28(27)42-20-29(37)38/h1-5,8,17,19,23-24H,6-7,9-16,18,20H2,(H,33,39)(H,40,41). The zero-order chi connectivity index (χ0) is 29.2. The molecule has 2 saturated heterocycles. The molecule has 0 aliphatic carbocycles. The Morgan fingerprint density at radius 3 is 2.62 bits per heavy atom. The van der Waals surface area contributed by atoms with Crippen LogP contribution < -0.4 is 15.0 Å². The SMILES string of the molecule is O=C(NCCN1CCN(C(=O)O)CC1)c1cc(Cl)ccc1C1=CC2CCC(C1)N2CCN1C(=O)COc2ccccc21. The molecule has 42 heavy (non-hydrogen) atoms. The van der Waals surface area contributed by atoms with Crippen LogP contribution in [0.5, 0.6) is 5.75 Å². The van der Waals surface area contributed by atoms with Crippen molar-refractivity contribution in [2.75, 3.05) is 63.9 Å². The van der Waals surface area contributed by atoms with E-state index in [4.69, 9.17) is 21.4 Å². The molecular weight excluding hydrogens is 558 g/mol. The zero-order valence-electron chi connectivity index (χ0n) is 23.5. The number of carbonyl (C=O) groups is 3. The van der Waals surface area contributed by atoms with E-state index in [1.54, 1.807) is 6.07 Å². The van der Waals surface area contributed by atoms with E-state index in [1.807, 2.05) is 41.3 Å². The Morgan fingerprint density at radius 2 is 1.83 bits per heavy atom. The Labute approximate surface area is 250 Å². The number of carboxylic acid groups (broad SMARTS) is 1. The summed E-state index contributed by atoms with van der Waals surface area (Å²) in [7, 11) is 0. The van der Waals surface area contributed by atoms with Crippen molar-refractivity contribution in [3.05, 3.63) is 64.7 Å². The molecule has 4 heterocycles. The van der Waals surface area contributed by atoms with Crippen LogP contribution in [-0.2, 0) is 4.79 Å². The van der Waals surface area contributed by atoms with Crippen LogP contribution >= 0.6 is 11.6 Å². The highest BCUT2D eigenvalue weighted by molar-refractivity contribution is 6.31. The number of nitrogens with zero attached hydrogens (tertiary/aromatic N) is 4. The van der Waals surface area contributed by atoms with Gasteiger partial charge in [-0.05, 0) is 54.7 Å². The number of fused-ring (bicyclic) bond motifs is 3. The number of hydrogen-bond acceptors (Lipinski definition) is 6. The number of hydrogen-bond donors (Lipinski definition) is 2. The van der Waals surface area contributed by atoms with Crippen LogP contribution in [0.3, 0.4) is 0 Å². The lowest BCUT2D eigenvalue weighted by atomic mass is 9.91. The molecule has 4 aliphatic heterocycles. The molecule has 2 fully saturated rings. The molecule has 222 valence electrons. The molecule has 0 radical (unpaired) electrons. The number of amides is 3. The van der Waals surface area contributed by atoms with E-state index in [9.17, 15) is 14.4 Å². The van der Waals surface area contributed by atoms with Gasteiger partial charge in [-0.1, -0.05) is 35.9 Å². The summed E-state index contributed by atoms with van der Waals surface area (Å²) in [6, 6.07) is 13.8. The molecule has 2 aromatic carbocycles. The number of benzene rings is 2. The summed E-state index contributed by atoms with van der Waals surface area (Å²) < 4.78 is 5.60. The van der Waals surface area contributed by atoms with E-state index in [2.05, 4.69) is 21.2 Å². The van der Waals surface area contributed by atoms with Crippen LogP contribution in [0.25, 0.3) is 5.57 Å². The van der Waals surface area contributed by atoms with Gasteiger partial charge in [-0.2, -0.15) is 0 Å². The number of halogens is 1. The van der Waals surface area contributed by atoms with Gasteiger partial charge >= 0.3 is 6.09 Å². The summed E-state index contributed by atoms with van der Waals surface area (Å²) in [5.41, 5.74) is 3.49. The molecule has 2 atom stereocenters. The third-order valence-corrected chi connectivity index (χ3v) is 9.09. The van der Waals surface area contributed by atoms with Gasteiger partial charge < -0.3 is 25.0 Å². The van der Waals surface area contributed by atoms with Crippen LogP contribution in [0.1, 0.15) is 35.2 Å². The van der Waals surface area contributed by atoms with Crippen molar-refractivity contribution in [3.63, 3.8) is 0 Å². The first kappa shape index (κ1) is 28.5. The van der Waals surface area contributed by atoms with E-state index in [1.165, 1.54) is 4.90 Å². The number of nitrogens with one attached hydrogen (secondary N) is 1. The summed E-state index contributed by atoms with van der Waals surface area (Å²) in [5.74, 6) is 0.570. The van der Waals surface area contributed by atoms with Gasteiger partial charge in [0.1, 0.15) is 5.75 Å². The number of para-hydroxylation sites is 2. The van der Waals surface area contributed by atoms with E-state index >= 15 is 0 Å². The van der Waals surface area contributed by atoms with E-state index in [0.29, 0.717) is 62.4 Å². The second-order valence-electron chi connectivity index (χ2n) is 11.3. The van der Waals surface area contributed by atoms with Crippen molar-refractivity contribution >= 4 is 40.8 Å². The van der Waals surface area contributed by atoms with Gasteiger partial charge in [-0.25, -0.2) is 4.79 Å². The molecule has 2 aromatic rings. The lowest BCUT2D eigenvalue weighted by molar-refractivity contribution is -0.121. The zero-order valence-corrected chi connectivity index (χ0v) is 24.3. The largest absolute Gasteiger partial charge is 0.482 e. The highest BCUT2D eigenvalue weighted by Gasteiger charge is 2.38. The molecule has 0 saturated carbocycles. The molecule has 2 unspecified atom stereocenters. The maximum atomic E-state index is 13.3. The van der Waals surface area contributed by atoms with Crippen molar-refractivity contribution in [1.29, 1.82) is 0 Å². The van der Waals surface area contributed by atoms with E-state index in [-0.39, 0.29) is 24.5 Å². The Hall–Kier alpha value is -3.60. The monoisotopic (exact) mass is 593 g/mol. The van der Waals surface area contributed by atoms with Crippen molar-refractivity contribution in [2.24, 2.45) is 0 Å². The molecule has 4 aliphatic rings. The minimum atomic E-state index is -0.886. The predicted octanol–water partition coefficient (Wildman–Crippen LogP) is 3.41. The molecule has 6 rings (SSSR count). The van der Waals surface area contributed by atoms with Gasteiger partial charge in [0.05, 0.1) is 5.69 Å². The fraction of sp³-hybridized carbons (Fsp3) is 0.452.